The van der Waals surface area contributed by atoms with Gasteiger partial charge in [-0.05, 0) is 29.1 Å². The van der Waals surface area contributed by atoms with Crippen LogP contribution in [0, 0.1) is 5.82 Å². The maximum atomic E-state index is 13.0. The molecule has 0 fully saturated rings. The van der Waals surface area contributed by atoms with Crippen LogP contribution in [0.25, 0.3) is 0 Å². The molecule has 3 amide bonds. The van der Waals surface area contributed by atoms with Crippen LogP contribution in [-0.4, -0.2) is 34.2 Å². The highest BCUT2D eigenvalue weighted by molar-refractivity contribution is 7.13. The monoisotopic (exact) mass is 460 g/mol. The summed E-state index contributed by atoms with van der Waals surface area (Å²) in [5.74, 6) is -1.28. The lowest BCUT2D eigenvalue weighted by molar-refractivity contribution is -0.137. The number of nitrogens with one attached hydrogen (secondary N) is 2. The number of amides is 3. The van der Waals surface area contributed by atoms with Crippen LogP contribution in [0.4, 0.5) is 9.52 Å². The second kappa shape index (κ2) is 11.3. The Morgan fingerprint density at radius 1 is 1.00 bits per heavy atom. The summed E-state index contributed by atoms with van der Waals surface area (Å²) in [5.41, 5.74) is 0.754. The zero-order valence-electron chi connectivity index (χ0n) is 16.5. The van der Waals surface area contributed by atoms with Gasteiger partial charge in [0.25, 0.3) is 0 Å². The second-order valence-electron chi connectivity index (χ2n) is 6.62. The van der Waals surface area contributed by atoms with Crippen molar-refractivity contribution in [3.63, 3.8) is 0 Å². The van der Waals surface area contributed by atoms with E-state index in [1.54, 1.807) is 23.7 Å². The van der Waals surface area contributed by atoms with Crippen LogP contribution in [0.15, 0.2) is 53.4 Å². The number of halogens is 1. The molecule has 31 heavy (non-hydrogen) atoms. The summed E-state index contributed by atoms with van der Waals surface area (Å²) in [5, 5.41) is 9.50. The van der Waals surface area contributed by atoms with Crippen molar-refractivity contribution in [2.75, 3.05) is 11.9 Å². The van der Waals surface area contributed by atoms with Gasteiger partial charge >= 0.3 is 0 Å². The minimum absolute atomic E-state index is 0.00342. The van der Waals surface area contributed by atoms with Crippen LogP contribution in [0.2, 0.25) is 0 Å². The van der Waals surface area contributed by atoms with E-state index in [4.69, 9.17) is 0 Å². The van der Waals surface area contributed by atoms with E-state index in [-0.39, 0.29) is 56.0 Å². The number of hydrogen-bond donors (Lipinski definition) is 2. The average Bonchev–Trinajstić information content (AvgIpc) is 3.45. The Kier molecular flexibility index (Phi) is 8.25. The van der Waals surface area contributed by atoms with Gasteiger partial charge in [-0.2, -0.15) is 0 Å². The third-order valence-corrected chi connectivity index (χ3v) is 5.81. The molecule has 0 spiro atoms. The second-order valence-corrected chi connectivity index (χ2v) is 8.54. The smallest absolute Gasteiger partial charge is 0.239 e. The minimum Gasteiger partial charge on any atom is -0.350 e. The number of anilines is 1. The van der Waals surface area contributed by atoms with Crippen LogP contribution < -0.4 is 10.6 Å². The summed E-state index contributed by atoms with van der Waals surface area (Å²) in [4.78, 5) is 43.5. The van der Waals surface area contributed by atoms with Crippen molar-refractivity contribution in [2.45, 2.75) is 25.9 Å². The Balaban J connectivity index is 1.53. The van der Waals surface area contributed by atoms with Gasteiger partial charge in [-0.25, -0.2) is 9.37 Å². The normalized spacial score (nSPS) is 10.5. The third-order valence-electron chi connectivity index (χ3n) is 4.26. The molecule has 2 aromatic heterocycles. The van der Waals surface area contributed by atoms with Gasteiger partial charge in [0.05, 0.1) is 13.1 Å². The first-order chi connectivity index (χ1) is 15.0. The molecule has 2 heterocycles. The van der Waals surface area contributed by atoms with Crippen LogP contribution in [0.5, 0.6) is 0 Å². The molecule has 0 bridgehead atoms. The predicted octanol–water partition coefficient (Wildman–Crippen LogP) is 3.41. The topological polar surface area (TPSA) is 91.4 Å². The number of hydrogen-bond acceptors (Lipinski definition) is 6. The molecule has 0 radical (unpaired) electrons. The first-order valence-corrected chi connectivity index (χ1v) is 11.3. The molecule has 1 aromatic carbocycles. The highest BCUT2D eigenvalue weighted by Crippen LogP contribution is 2.14. The fourth-order valence-corrected chi connectivity index (χ4v) is 3.97. The standard InChI is InChI=1S/C21H21FN4O3S2/c22-16-5-3-15(4-6-16)12-24-19(28)14-26(13-17-2-1-10-30-17)20(29)8-7-18(27)25-21-23-9-11-31-21/h1-6,9-11H,7-8,12-14H2,(H,24,28)(H,23,25,27). The summed E-state index contributed by atoms with van der Waals surface area (Å²) in [6.07, 6.45) is 1.56. The van der Waals surface area contributed by atoms with E-state index in [9.17, 15) is 18.8 Å². The van der Waals surface area contributed by atoms with Crippen molar-refractivity contribution >= 4 is 45.5 Å². The number of benzene rings is 1. The lowest BCUT2D eigenvalue weighted by atomic mass is 10.2. The van der Waals surface area contributed by atoms with E-state index in [2.05, 4.69) is 15.6 Å². The van der Waals surface area contributed by atoms with Crippen molar-refractivity contribution in [3.05, 3.63) is 69.6 Å². The van der Waals surface area contributed by atoms with Gasteiger partial charge in [0, 0.05) is 35.8 Å². The zero-order valence-corrected chi connectivity index (χ0v) is 18.2. The number of thiazole rings is 1. The molecule has 0 saturated carbocycles. The number of aromatic nitrogens is 1. The average molecular weight is 461 g/mol. The molecule has 10 heteroatoms. The summed E-state index contributed by atoms with van der Waals surface area (Å²) < 4.78 is 13.0. The van der Waals surface area contributed by atoms with E-state index in [1.807, 2.05) is 17.5 Å². The number of rotatable bonds is 10. The fraction of sp³-hybridized carbons (Fsp3) is 0.238. The Morgan fingerprint density at radius 2 is 1.81 bits per heavy atom. The van der Waals surface area contributed by atoms with Gasteiger partial charge in [-0.15, -0.1) is 22.7 Å². The van der Waals surface area contributed by atoms with E-state index < -0.39 is 0 Å². The van der Waals surface area contributed by atoms with Crippen molar-refractivity contribution in [3.8, 4) is 0 Å². The summed E-state index contributed by atoms with van der Waals surface area (Å²) in [6, 6.07) is 9.58. The van der Waals surface area contributed by atoms with Crippen molar-refractivity contribution in [1.29, 1.82) is 0 Å². The molecule has 7 nitrogen and oxygen atoms in total. The summed E-state index contributed by atoms with van der Waals surface area (Å²) >= 11 is 2.78. The largest absolute Gasteiger partial charge is 0.350 e. The Bertz CT molecular complexity index is 992. The molecule has 0 aliphatic heterocycles. The molecule has 2 N–H and O–H groups in total. The van der Waals surface area contributed by atoms with Gasteiger partial charge < -0.3 is 15.5 Å². The van der Waals surface area contributed by atoms with Gasteiger partial charge in [0.1, 0.15) is 5.82 Å². The maximum Gasteiger partial charge on any atom is 0.239 e. The lowest BCUT2D eigenvalue weighted by Crippen LogP contribution is -2.40. The van der Waals surface area contributed by atoms with E-state index in [1.165, 1.54) is 39.7 Å². The summed E-state index contributed by atoms with van der Waals surface area (Å²) in [7, 11) is 0. The van der Waals surface area contributed by atoms with E-state index in [0.717, 1.165) is 10.4 Å². The molecule has 0 aliphatic rings. The van der Waals surface area contributed by atoms with Gasteiger partial charge in [-0.3, -0.25) is 14.4 Å². The highest BCUT2D eigenvalue weighted by atomic mass is 32.1. The van der Waals surface area contributed by atoms with Crippen molar-refractivity contribution in [2.24, 2.45) is 0 Å². The molecule has 0 saturated heterocycles. The van der Waals surface area contributed by atoms with Gasteiger partial charge in [0.15, 0.2) is 5.13 Å². The number of nitrogens with zero attached hydrogens (tertiary/aromatic N) is 2. The Morgan fingerprint density at radius 3 is 2.48 bits per heavy atom. The predicted molar refractivity (Wildman–Crippen MR) is 118 cm³/mol. The van der Waals surface area contributed by atoms with Gasteiger partial charge in [-0.1, -0.05) is 18.2 Å². The molecule has 0 unspecified atom stereocenters. The minimum atomic E-state index is -0.346. The zero-order chi connectivity index (χ0) is 22.1. The van der Waals surface area contributed by atoms with Crippen LogP contribution in [0.1, 0.15) is 23.3 Å². The first kappa shape index (κ1) is 22.6. The quantitative estimate of drug-likeness (QED) is 0.485. The molecule has 0 atom stereocenters. The van der Waals surface area contributed by atoms with Crippen LogP contribution in [0.3, 0.4) is 0 Å². The molecule has 3 aromatic rings. The third kappa shape index (κ3) is 7.58. The molecule has 0 aliphatic carbocycles. The molecule has 162 valence electrons. The van der Waals surface area contributed by atoms with E-state index in [0.29, 0.717) is 5.13 Å². The number of carbonyl (C=O) groups is 3. The molecule has 3 rings (SSSR count). The Hall–Kier alpha value is -3.11. The highest BCUT2D eigenvalue weighted by Gasteiger charge is 2.19. The number of thiophene rings is 1. The van der Waals surface area contributed by atoms with Crippen molar-refractivity contribution in [1.82, 2.24) is 15.2 Å². The Labute approximate surface area is 186 Å². The molecular weight excluding hydrogens is 439 g/mol. The van der Waals surface area contributed by atoms with Gasteiger partial charge in [0.2, 0.25) is 17.7 Å². The van der Waals surface area contributed by atoms with Crippen molar-refractivity contribution < 1.29 is 18.8 Å². The van der Waals surface area contributed by atoms with Crippen LogP contribution in [-0.2, 0) is 27.5 Å². The maximum absolute atomic E-state index is 13.0. The number of carbonyl (C=O) groups excluding carboxylic acids is 3. The van der Waals surface area contributed by atoms with Crippen LogP contribution >= 0.6 is 22.7 Å². The van der Waals surface area contributed by atoms with E-state index >= 15 is 0 Å². The summed E-state index contributed by atoms with van der Waals surface area (Å²) in [6.45, 7) is 0.386. The SMILES string of the molecule is O=C(CN(Cc1cccs1)C(=O)CCC(=O)Nc1nccs1)NCc1ccc(F)cc1. The first-order valence-electron chi connectivity index (χ1n) is 9.50. The molecular formula is C21H21FN4O3S2. The lowest BCUT2D eigenvalue weighted by Gasteiger charge is -2.21. The fourth-order valence-electron chi connectivity index (χ4n) is 2.70.